The zero-order valence-corrected chi connectivity index (χ0v) is 15.5. The lowest BCUT2D eigenvalue weighted by atomic mass is 10.0. The van der Waals surface area contributed by atoms with Crippen molar-refractivity contribution in [2.75, 3.05) is 6.61 Å². The lowest BCUT2D eigenvalue weighted by molar-refractivity contribution is -0.132. The smallest absolute Gasteiger partial charge is 0.417 e. The van der Waals surface area contributed by atoms with Crippen molar-refractivity contribution in [2.24, 2.45) is 0 Å². The van der Waals surface area contributed by atoms with Gasteiger partial charge in [0, 0.05) is 0 Å². The van der Waals surface area contributed by atoms with Gasteiger partial charge in [-0.15, -0.1) is 0 Å². The molecule has 2 amide bonds. The number of ether oxygens (including phenoxy) is 2. The Morgan fingerprint density at radius 2 is 1.82 bits per heavy atom. The first-order chi connectivity index (χ1) is 13.6. The summed E-state index contributed by atoms with van der Waals surface area (Å²) >= 11 is 0. The van der Waals surface area contributed by atoms with Crippen molar-refractivity contribution in [3.63, 3.8) is 0 Å². The molecule has 2 aromatic rings. The second-order valence-corrected chi connectivity index (χ2v) is 6.49. The summed E-state index contributed by atoms with van der Waals surface area (Å²) in [5.74, 6) is -0.935. The number of cyclic esters (lactones) is 1. The van der Waals surface area contributed by atoms with E-state index < -0.39 is 30.3 Å². The van der Waals surface area contributed by atoms with Crippen molar-refractivity contribution in [1.82, 2.24) is 4.90 Å². The maximum atomic E-state index is 14.3. The predicted molar refractivity (Wildman–Crippen MR) is 102 cm³/mol. The molecule has 28 heavy (non-hydrogen) atoms. The number of nitrogens with zero attached hydrogens (tertiary/aromatic N) is 1. The summed E-state index contributed by atoms with van der Waals surface area (Å²) in [6.45, 7) is 2.22. The molecule has 1 saturated heterocycles. The minimum Gasteiger partial charge on any atom is -0.439 e. The Hall–Kier alpha value is -2.99. The molecule has 0 aliphatic carbocycles. The van der Waals surface area contributed by atoms with Gasteiger partial charge in [0.05, 0.1) is 19.3 Å². The molecule has 2 aromatic carbocycles. The van der Waals surface area contributed by atoms with Gasteiger partial charge in [0.15, 0.2) is 6.17 Å². The van der Waals surface area contributed by atoms with Gasteiger partial charge in [0.1, 0.15) is 6.10 Å². The SMILES string of the molecule is C[C@@H]1[C@H](c2ccccc2)OC(=O)N1C(=O)[C@H](F)/C=C/COCc1ccccc1. The van der Waals surface area contributed by atoms with E-state index in [1.807, 2.05) is 48.5 Å². The van der Waals surface area contributed by atoms with Crippen molar-refractivity contribution < 1.29 is 23.5 Å². The van der Waals surface area contributed by atoms with E-state index in [0.29, 0.717) is 6.61 Å². The van der Waals surface area contributed by atoms with Gasteiger partial charge in [-0.2, -0.15) is 0 Å². The lowest BCUT2D eigenvalue weighted by Crippen LogP contribution is -2.42. The van der Waals surface area contributed by atoms with Crippen LogP contribution in [0.5, 0.6) is 0 Å². The van der Waals surface area contributed by atoms with Gasteiger partial charge in [-0.3, -0.25) is 4.79 Å². The van der Waals surface area contributed by atoms with Gasteiger partial charge < -0.3 is 9.47 Å². The van der Waals surface area contributed by atoms with Crippen LogP contribution in [0.25, 0.3) is 0 Å². The summed E-state index contributed by atoms with van der Waals surface area (Å²) < 4.78 is 25.0. The number of hydrogen-bond acceptors (Lipinski definition) is 4. The molecule has 3 atom stereocenters. The highest BCUT2D eigenvalue weighted by atomic mass is 19.1. The summed E-state index contributed by atoms with van der Waals surface area (Å²) in [4.78, 5) is 25.3. The number of rotatable bonds is 7. The van der Waals surface area contributed by atoms with E-state index in [-0.39, 0.29) is 6.61 Å². The van der Waals surface area contributed by atoms with Crippen LogP contribution in [0.3, 0.4) is 0 Å². The number of amides is 2. The van der Waals surface area contributed by atoms with Gasteiger partial charge in [0.2, 0.25) is 0 Å². The van der Waals surface area contributed by atoms with Crippen LogP contribution in [0, 0.1) is 0 Å². The van der Waals surface area contributed by atoms with Crippen LogP contribution < -0.4 is 0 Å². The van der Waals surface area contributed by atoms with Crippen molar-refractivity contribution in [3.8, 4) is 0 Å². The first-order valence-electron chi connectivity index (χ1n) is 9.09. The lowest BCUT2D eigenvalue weighted by Gasteiger charge is -2.20. The summed E-state index contributed by atoms with van der Waals surface area (Å²) in [6, 6.07) is 18.1. The highest BCUT2D eigenvalue weighted by Gasteiger charge is 2.45. The third-order valence-corrected chi connectivity index (χ3v) is 4.50. The Labute approximate surface area is 163 Å². The van der Waals surface area contributed by atoms with E-state index in [4.69, 9.17) is 9.47 Å². The topological polar surface area (TPSA) is 55.8 Å². The first-order valence-corrected chi connectivity index (χ1v) is 9.09. The Kier molecular flexibility index (Phi) is 6.55. The van der Waals surface area contributed by atoms with Crippen LogP contribution in [0.1, 0.15) is 24.2 Å². The zero-order valence-electron chi connectivity index (χ0n) is 15.5. The van der Waals surface area contributed by atoms with Crippen molar-refractivity contribution in [1.29, 1.82) is 0 Å². The van der Waals surface area contributed by atoms with Crippen molar-refractivity contribution in [3.05, 3.63) is 83.9 Å². The maximum absolute atomic E-state index is 14.3. The number of alkyl halides is 1. The van der Waals surface area contributed by atoms with E-state index in [0.717, 1.165) is 22.1 Å². The third kappa shape index (κ3) is 4.64. The molecule has 0 spiro atoms. The molecule has 0 saturated carbocycles. The van der Waals surface area contributed by atoms with Gasteiger partial charge >= 0.3 is 6.09 Å². The molecular formula is C22H22FNO4. The third-order valence-electron chi connectivity index (χ3n) is 4.50. The van der Waals surface area contributed by atoms with Crippen molar-refractivity contribution in [2.45, 2.75) is 31.8 Å². The molecule has 0 bridgehead atoms. The Morgan fingerprint density at radius 1 is 1.18 bits per heavy atom. The molecule has 6 heteroatoms. The molecule has 0 radical (unpaired) electrons. The van der Waals surface area contributed by atoms with E-state index in [1.165, 1.54) is 6.08 Å². The van der Waals surface area contributed by atoms with Crippen LogP contribution in [0.15, 0.2) is 72.8 Å². The fourth-order valence-corrected chi connectivity index (χ4v) is 3.05. The number of benzene rings is 2. The minimum atomic E-state index is -1.94. The molecule has 3 rings (SSSR count). The molecule has 146 valence electrons. The van der Waals surface area contributed by atoms with E-state index in [9.17, 15) is 14.0 Å². The Balaban J connectivity index is 1.53. The van der Waals surface area contributed by atoms with E-state index in [2.05, 4.69) is 0 Å². The summed E-state index contributed by atoms with van der Waals surface area (Å²) in [6.07, 6.45) is -0.842. The van der Waals surface area contributed by atoms with Gasteiger partial charge in [-0.25, -0.2) is 14.1 Å². The zero-order chi connectivity index (χ0) is 19.9. The molecule has 5 nitrogen and oxygen atoms in total. The van der Waals surface area contributed by atoms with Gasteiger partial charge in [-0.05, 0) is 24.1 Å². The normalized spacial score (nSPS) is 20.4. The van der Waals surface area contributed by atoms with Crippen LogP contribution in [0.2, 0.25) is 0 Å². The summed E-state index contributed by atoms with van der Waals surface area (Å²) in [7, 11) is 0. The Bertz CT molecular complexity index is 825. The fraction of sp³-hybridized carbons (Fsp3) is 0.273. The van der Waals surface area contributed by atoms with Gasteiger partial charge in [0.25, 0.3) is 5.91 Å². The van der Waals surface area contributed by atoms with Crippen LogP contribution in [-0.2, 0) is 20.9 Å². The molecular weight excluding hydrogens is 361 g/mol. The highest BCUT2D eigenvalue weighted by molar-refractivity contribution is 5.97. The maximum Gasteiger partial charge on any atom is 0.417 e. The highest BCUT2D eigenvalue weighted by Crippen LogP contribution is 2.32. The van der Waals surface area contributed by atoms with Gasteiger partial charge in [-0.1, -0.05) is 66.7 Å². The number of carbonyl (C=O) groups excluding carboxylic acids is 2. The number of carbonyl (C=O) groups is 2. The monoisotopic (exact) mass is 383 g/mol. The summed E-state index contributed by atoms with van der Waals surface area (Å²) in [5.41, 5.74) is 1.77. The average molecular weight is 383 g/mol. The quantitative estimate of drug-likeness (QED) is 0.531. The van der Waals surface area contributed by atoms with Crippen LogP contribution in [0.4, 0.5) is 9.18 Å². The number of imide groups is 1. The molecule has 1 fully saturated rings. The number of hydrogen-bond donors (Lipinski definition) is 0. The minimum absolute atomic E-state index is 0.162. The predicted octanol–water partition coefficient (Wildman–Crippen LogP) is 4.21. The molecule has 0 unspecified atom stereocenters. The second kappa shape index (κ2) is 9.28. The van der Waals surface area contributed by atoms with Crippen molar-refractivity contribution >= 4 is 12.0 Å². The fourth-order valence-electron chi connectivity index (χ4n) is 3.05. The number of halogens is 1. The Morgan fingerprint density at radius 3 is 2.50 bits per heavy atom. The molecule has 1 heterocycles. The molecule has 0 N–H and O–H groups in total. The molecule has 1 aliphatic rings. The molecule has 1 aliphatic heterocycles. The van der Waals surface area contributed by atoms with Crippen LogP contribution in [-0.4, -0.2) is 35.7 Å². The van der Waals surface area contributed by atoms with Crippen LogP contribution >= 0.6 is 0 Å². The largest absolute Gasteiger partial charge is 0.439 e. The standard InChI is InChI=1S/C22H22FNO4/c1-16-20(18-11-6-3-7-12-18)28-22(26)24(16)21(25)19(23)13-8-14-27-15-17-9-4-2-5-10-17/h2-13,16,19-20H,14-15H2,1H3/b13-8+/t16-,19-,20-/m1/s1. The second-order valence-electron chi connectivity index (χ2n) is 6.49. The average Bonchev–Trinajstić information content (AvgIpc) is 3.02. The first kappa shape index (κ1) is 19.8. The summed E-state index contributed by atoms with van der Waals surface area (Å²) in [5, 5.41) is 0. The molecule has 0 aromatic heterocycles. The van der Waals surface area contributed by atoms with E-state index >= 15 is 0 Å². The van der Waals surface area contributed by atoms with E-state index in [1.54, 1.807) is 19.1 Å².